The van der Waals surface area contributed by atoms with E-state index in [1.54, 1.807) is 18.3 Å². The molecule has 1 aliphatic rings. The van der Waals surface area contributed by atoms with Gasteiger partial charge in [0.1, 0.15) is 11.9 Å². The molecule has 2 aromatic heterocycles. The van der Waals surface area contributed by atoms with Gasteiger partial charge in [-0.05, 0) is 17.9 Å². The van der Waals surface area contributed by atoms with Crippen molar-refractivity contribution in [3.05, 3.63) is 45.9 Å². The second-order valence-electron chi connectivity index (χ2n) is 6.19. The molecule has 26 heavy (non-hydrogen) atoms. The van der Waals surface area contributed by atoms with Crippen LogP contribution in [0.1, 0.15) is 28.7 Å². The molecule has 2 N–H and O–H groups in total. The Morgan fingerprint density at radius 2 is 2.35 bits per heavy atom. The smallest absolute Gasteiger partial charge is 0.271 e. The molecule has 0 aromatic carbocycles. The summed E-state index contributed by atoms with van der Waals surface area (Å²) in [5.41, 5.74) is 1.26. The first-order valence-electron chi connectivity index (χ1n) is 8.36. The Labute approximate surface area is 159 Å². The van der Waals surface area contributed by atoms with Crippen molar-refractivity contribution in [2.24, 2.45) is 5.92 Å². The minimum atomic E-state index is -0.944. The van der Waals surface area contributed by atoms with Gasteiger partial charge in [-0.25, -0.2) is 14.4 Å². The van der Waals surface area contributed by atoms with Crippen LogP contribution in [0.2, 0.25) is 0 Å². The summed E-state index contributed by atoms with van der Waals surface area (Å²) in [4.78, 5) is 22.2. The molecule has 2 aromatic rings. The third kappa shape index (κ3) is 4.63. The molecule has 5 nitrogen and oxygen atoms in total. The number of allylic oxidation sites excluding steroid dienone is 2. The Balaban J connectivity index is 1.75. The number of aromatic nitrogens is 2. The fourth-order valence-electron chi connectivity index (χ4n) is 2.50. The average Bonchev–Trinajstić information content (AvgIpc) is 3.30. The highest BCUT2D eigenvalue weighted by Crippen LogP contribution is 2.31. The number of hydrogen-bond acceptors (Lipinski definition) is 6. The number of rotatable bonds is 7. The van der Waals surface area contributed by atoms with Crippen molar-refractivity contribution in [3.63, 3.8) is 0 Å². The largest absolute Gasteiger partial charge is 0.396 e. The standard InChI is InChI=1S/C18H20FN3O2S2/c1-11(10-23)8-14-15(22-18(26-14)17-20-6-7-25-17)16(24)21-9-12-2-4-13(19)5-3-12/h2-4,6-7,11,13,23H,5,8-10H2,1H3,(H,21,24). The first-order chi connectivity index (χ1) is 12.6. The zero-order chi connectivity index (χ0) is 18.5. The molecule has 8 heteroatoms. The summed E-state index contributed by atoms with van der Waals surface area (Å²) in [5, 5.41) is 15.6. The van der Waals surface area contributed by atoms with E-state index in [9.17, 15) is 14.3 Å². The summed E-state index contributed by atoms with van der Waals surface area (Å²) in [6.45, 7) is 2.31. The number of nitrogens with zero attached hydrogens (tertiary/aromatic N) is 2. The van der Waals surface area contributed by atoms with Crippen LogP contribution in [-0.2, 0) is 6.42 Å². The van der Waals surface area contributed by atoms with Gasteiger partial charge in [-0.2, -0.15) is 0 Å². The average molecular weight is 394 g/mol. The number of amides is 1. The van der Waals surface area contributed by atoms with Crippen LogP contribution in [0, 0.1) is 5.92 Å². The first kappa shape index (κ1) is 18.9. The summed E-state index contributed by atoms with van der Waals surface area (Å²) in [6, 6.07) is 0. The quantitative estimate of drug-likeness (QED) is 0.756. The van der Waals surface area contributed by atoms with Gasteiger partial charge in [0.05, 0.1) is 0 Å². The molecule has 2 unspecified atom stereocenters. The van der Waals surface area contributed by atoms with Crippen molar-refractivity contribution in [2.75, 3.05) is 13.2 Å². The molecule has 0 saturated carbocycles. The molecule has 2 heterocycles. The number of nitrogens with one attached hydrogen (secondary N) is 1. The number of aliphatic hydroxyl groups excluding tert-OH is 1. The molecule has 2 atom stereocenters. The van der Waals surface area contributed by atoms with Crippen LogP contribution in [0.25, 0.3) is 10.0 Å². The number of alkyl halides is 1. The van der Waals surface area contributed by atoms with Crippen LogP contribution in [-0.4, -0.2) is 40.3 Å². The number of carbonyl (C=O) groups is 1. The third-order valence-electron chi connectivity index (χ3n) is 3.95. The lowest BCUT2D eigenvalue weighted by Crippen LogP contribution is -2.27. The minimum absolute atomic E-state index is 0.0385. The molecule has 1 amide bonds. The van der Waals surface area contributed by atoms with Gasteiger partial charge in [0.25, 0.3) is 5.91 Å². The second kappa shape index (κ2) is 8.66. The predicted molar refractivity (Wildman–Crippen MR) is 102 cm³/mol. The highest BCUT2D eigenvalue weighted by molar-refractivity contribution is 7.20. The van der Waals surface area contributed by atoms with Gasteiger partial charge in [0.15, 0.2) is 10.0 Å². The van der Waals surface area contributed by atoms with Crippen LogP contribution >= 0.6 is 22.7 Å². The minimum Gasteiger partial charge on any atom is -0.396 e. The topological polar surface area (TPSA) is 75.1 Å². The van der Waals surface area contributed by atoms with E-state index < -0.39 is 6.17 Å². The lowest BCUT2D eigenvalue weighted by molar-refractivity contribution is 0.0951. The SMILES string of the molecule is CC(CO)Cc1sc(-c2nccs2)nc1C(=O)NCC1=CCC(F)C=C1. The number of aliphatic hydroxyl groups is 1. The second-order valence-corrected chi connectivity index (χ2v) is 8.17. The van der Waals surface area contributed by atoms with E-state index in [4.69, 9.17) is 0 Å². The van der Waals surface area contributed by atoms with Crippen molar-refractivity contribution in [2.45, 2.75) is 25.9 Å². The summed E-state index contributed by atoms with van der Waals surface area (Å²) >= 11 is 2.91. The fourth-order valence-corrected chi connectivity index (χ4v) is 4.41. The summed E-state index contributed by atoms with van der Waals surface area (Å²) in [5.74, 6) is -0.225. The molecule has 0 spiro atoms. The molecule has 0 radical (unpaired) electrons. The van der Waals surface area contributed by atoms with Crippen molar-refractivity contribution in [1.82, 2.24) is 15.3 Å². The highest BCUT2D eigenvalue weighted by atomic mass is 32.1. The molecular weight excluding hydrogens is 373 g/mol. The Morgan fingerprint density at radius 1 is 1.50 bits per heavy atom. The van der Waals surface area contributed by atoms with Crippen LogP contribution in [0.4, 0.5) is 4.39 Å². The van der Waals surface area contributed by atoms with Crippen LogP contribution in [0.15, 0.2) is 35.4 Å². The maximum Gasteiger partial charge on any atom is 0.271 e. The fraction of sp³-hybridized carbons (Fsp3) is 0.389. The van der Waals surface area contributed by atoms with E-state index in [0.29, 0.717) is 30.1 Å². The summed E-state index contributed by atoms with van der Waals surface area (Å²) in [6.07, 6.45) is 6.67. The molecular formula is C18H20FN3O2S2. The number of thiazole rings is 2. The van der Waals surface area contributed by atoms with Crippen molar-refractivity contribution >= 4 is 28.6 Å². The molecule has 3 rings (SSSR count). The van der Waals surface area contributed by atoms with E-state index in [1.165, 1.54) is 28.7 Å². The Kier molecular flexibility index (Phi) is 6.29. The van der Waals surface area contributed by atoms with E-state index >= 15 is 0 Å². The van der Waals surface area contributed by atoms with Crippen LogP contribution < -0.4 is 5.32 Å². The zero-order valence-electron chi connectivity index (χ0n) is 14.3. The molecule has 0 saturated heterocycles. The summed E-state index contributed by atoms with van der Waals surface area (Å²) in [7, 11) is 0. The monoisotopic (exact) mass is 393 g/mol. The highest BCUT2D eigenvalue weighted by Gasteiger charge is 2.21. The van der Waals surface area contributed by atoms with Crippen molar-refractivity contribution in [3.8, 4) is 10.0 Å². The van der Waals surface area contributed by atoms with Gasteiger partial charge < -0.3 is 10.4 Å². The first-order valence-corrected chi connectivity index (χ1v) is 10.1. The van der Waals surface area contributed by atoms with E-state index in [0.717, 1.165) is 15.5 Å². The lowest BCUT2D eigenvalue weighted by atomic mass is 10.1. The van der Waals surface area contributed by atoms with Crippen LogP contribution in [0.3, 0.4) is 0 Å². The lowest BCUT2D eigenvalue weighted by Gasteiger charge is -2.11. The van der Waals surface area contributed by atoms with Gasteiger partial charge in [-0.3, -0.25) is 4.79 Å². The maximum atomic E-state index is 13.1. The molecule has 1 aliphatic carbocycles. The molecule has 0 aliphatic heterocycles. The van der Waals surface area contributed by atoms with E-state index in [-0.39, 0.29) is 18.4 Å². The molecule has 0 bridgehead atoms. The number of carbonyl (C=O) groups excluding carboxylic acids is 1. The van der Waals surface area contributed by atoms with E-state index in [2.05, 4.69) is 15.3 Å². The van der Waals surface area contributed by atoms with Crippen molar-refractivity contribution in [1.29, 1.82) is 0 Å². The predicted octanol–water partition coefficient (Wildman–Crippen LogP) is 3.39. The van der Waals surface area contributed by atoms with Gasteiger partial charge >= 0.3 is 0 Å². The Morgan fingerprint density at radius 3 is 3.00 bits per heavy atom. The van der Waals surface area contributed by atoms with Crippen LogP contribution in [0.5, 0.6) is 0 Å². The normalized spacial score (nSPS) is 17.8. The van der Waals surface area contributed by atoms with Gasteiger partial charge in [-0.15, -0.1) is 22.7 Å². The number of hydrogen-bond donors (Lipinski definition) is 2. The summed E-state index contributed by atoms with van der Waals surface area (Å²) < 4.78 is 13.1. The zero-order valence-corrected chi connectivity index (χ0v) is 15.9. The van der Waals surface area contributed by atoms with Crippen molar-refractivity contribution < 1.29 is 14.3 Å². The molecule has 138 valence electrons. The van der Waals surface area contributed by atoms with Gasteiger partial charge in [0.2, 0.25) is 0 Å². The number of halogens is 1. The van der Waals surface area contributed by atoms with E-state index in [1.807, 2.05) is 12.3 Å². The van der Waals surface area contributed by atoms with Gasteiger partial charge in [0, 0.05) is 36.0 Å². The molecule has 0 fully saturated rings. The van der Waals surface area contributed by atoms with Gasteiger partial charge in [-0.1, -0.05) is 25.2 Å². The Bertz CT molecular complexity index is 815. The Hall–Kier alpha value is -1.90. The maximum absolute atomic E-state index is 13.1. The third-order valence-corrected chi connectivity index (χ3v) is 5.94.